The molecule has 2 amide bonds. The number of hydrogen-bond donors (Lipinski definition) is 0. The van der Waals surface area contributed by atoms with Crippen LogP contribution in [0.5, 0.6) is 0 Å². The SMILES string of the molecule is CCOC(=O)C(C(=O)OCC)=C1C(=O)N(C(=O)OC(C)(C)C)c2ccc(F)cc21. The average Bonchev–Trinajstić information content (AvgIpc) is 2.86. The van der Waals surface area contributed by atoms with Crippen LogP contribution in [0.3, 0.4) is 0 Å². The molecule has 0 aromatic heterocycles. The van der Waals surface area contributed by atoms with Crippen molar-refractivity contribution in [1.29, 1.82) is 0 Å². The number of halogens is 1. The van der Waals surface area contributed by atoms with Crippen molar-refractivity contribution >= 4 is 35.2 Å². The van der Waals surface area contributed by atoms with E-state index in [0.717, 1.165) is 12.1 Å². The number of esters is 2. The van der Waals surface area contributed by atoms with E-state index in [1.165, 1.54) is 19.9 Å². The van der Waals surface area contributed by atoms with Gasteiger partial charge in [-0.2, -0.15) is 0 Å². The van der Waals surface area contributed by atoms with Gasteiger partial charge in [0.2, 0.25) is 0 Å². The Labute approximate surface area is 167 Å². The summed E-state index contributed by atoms with van der Waals surface area (Å²) >= 11 is 0. The van der Waals surface area contributed by atoms with Crippen molar-refractivity contribution in [2.24, 2.45) is 0 Å². The van der Waals surface area contributed by atoms with Crippen LogP contribution in [0.15, 0.2) is 23.8 Å². The lowest BCUT2D eigenvalue weighted by Gasteiger charge is -2.23. The lowest BCUT2D eigenvalue weighted by molar-refractivity contribution is -0.146. The Kier molecular flexibility index (Phi) is 6.41. The van der Waals surface area contributed by atoms with Gasteiger partial charge in [0.25, 0.3) is 5.91 Å². The second kappa shape index (κ2) is 8.42. The molecule has 29 heavy (non-hydrogen) atoms. The van der Waals surface area contributed by atoms with Gasteiger partial charge in [0, 0.05) is 5.56 Å². The number of anilines is 1. The monoisotopic (exact) mass is 407 g/mol. The zero-order valence-corrected chi connectivity index (χ0v) is 16.8. The van der Waals surface area contributed by atoms with Crippen LogP contribution >= 0.6 is 0 Å². The molecular weight excluding hydrogens is 385 g/mol. The zero-order valence-electron chi connectivity index (χ0n) is 16.8. The summed E-state index contributed by atoms with van der Waals surface area (Å²) in [6, 6.07) is 3.18. The number of carbonyl (C=O) groups excluding carboxylic acids is 4. The molecule has 9 heteroatoms. The standard InChI is InChI=1S/C20H22FNO7/c1-6-27-17(24)15(18(25)28-7-2)14-12-10-11(21)8-9-13(12)22(16(14)23)19(26)29-20(3,4)5/h8-10H,6-7H2,1-5H3. The third kappa shape index (κ3) is 4.61. The van der Waals surface area contributed by atoms with Gasteiger partial charge in [-0.1, -0.05) is 0 Å². The maximum atomic E-state index is 13.9. The molecule has 8 nitrogen and oxygen atoms in total. The molecule has 0 bridgehead atoms. The van der Waals surface area contributed by atoms with E-state index in [1.807, 2.05) is 0 Å². The quantitative estimate of drug-likeness (QED) is 0.249. The first-order valence-electron chi connectivity index (χ1n) is 8.97. The predicted molar refractivity (Wildman–Crippen MR) is 100 cm³/mol. The highest BCUT2D eigenvalue weighted by Crippen LogP contribution is 2.40. The van der Waals surface area contributed by atoms with Crippen molar-refractivity contribution < 1.29 is 37.8 Å². The highest BCUT2D eigenvalue weighted by molar-refractivity contribution is 6.44. The molecule has 0 atom stereocenters. The molecule has 1 aromatic rings. The summed E-state index contributed by atoms with van der Waals surface area (Å²) in [5.41, 5.74) is -2.25. The molecule has 0 spiro atoms. The van der Waals surface area contributed by atoms with Crippen molar-refractivity contribution in [1.82, 2.24) is 0 Å². The Morgan fingerprint density at radius 1 is 1.03 bits per heavy atom. The average molecular weight is 407 g/mol. The molecular formula is C20H22FNO7. The van der Waals surface area contributed by atoms with Crippen molar-refractivity contribution in [2.45, 2.75) is 40.2 Å². The number of ether oxygens (including phenoxy) is 3. The maximum Gasteiger partial charge on any atom is 0.422 e. The van der Waals surface area contributed by atoms with E-state index in [4.69, 9.17) is 14.2 Å². The molecule has 156 valence electrons. The van der Waals surface area contributed by atoms with Crippen LogP contribution in [0, 0.1) is 5.82 Å². The summed E-state index contributed by atoms with van der Waals surface area (Å²) in [5, 5.41) is 0. The zero-order chi connectivity index (χ0) is 21.9. The molecule has 1 aromatic carbocycles. The van der Waals surface area contributed by atoms with Gasteiger partial charge in [-0.15, -0.1) is 0 Å². The van der Waals surface area contributed by atoms with E-state index in [9.17, 15) is 23.6 Å². The van der Waals surface area contributed by atoms with E-state index in [2.05, 4.69) is 0 Å². The molecule has 1 heterocycles. The van der Waals surface area contributed by atoms with E-state index in [1.54, 1.807) is 20.8 Å². The van der Waals surface area contributed by atoms with Gasteiger partial charge in [-0.3, -0.25) is 4.79 Å². The van der Waals surface area contributed by atoms with Crippen LogP contribution < -0.4 is 4.90 Å². The third-order valence-electron chi connectivity index (χ3n) is 3.67. The van der Waals surface area contributed by atoms with E-state index in [-0.39, 0.29) is 24.5 Å². The molecule has 0 N–H and O–H groups in total. The fourth-order valence-corrected chi connectivity index (χ4v) is 2.66. The van der Waals surface area contributed by atoms with Gasteiger partial charge in [-0.25, -0.2) is 23.7 Å². The van der Waals surface area contributed by atoms with E-state index >= 15 is 0 Å². The smallest absolute Gasteiger partial charge is 0.422 e. The van der Waals surface area contributed by atoms with E-state index in [0.29, 0.717) is 4.90 Å². The Morgan fingerprint density at radius 2 is 1.59 bits per heavy atom. The van der Waals surface area contributed by atoms with Crippen LogP contribution in [0.1, 0.15) is 40.2 Å². The topological polar surface area (TPSA) is 99.2 Å². The molecule has 1 aliphatic rings. The molecule has 0 aliphatic carbocycles. The minimum Gasteiger partial charge on any atom is -0.462 e. The molecule has 0 saturated carbocycles. The summed E-state index contributed by atoms with van der Waals surface area (Å²) in [4.78, 5) is 51.2. The van der Waals surface area contributed by atoms with Crippen LogP contribution in [0.2, 0.25) is 0 Å². The summed E-state index contributed by atoms with van der Waals surface area (Å²) in [5.74, 6) is -3.98. The Morgan fingerprint density at radius 3 is 2.07 bits per heavy atom. The fraction of sp³-hybridized carbons (Fsp3) is 0.400. The predicted octanol–water partition coefficient (Wildman–Crippen LogP) is 2.99. The number of rotatable bonds is 4. The molecule has 0 fully saturated rings. The Balaban J connectivity index is 2.73. The summed E-state index contributed by atoms with van der Waals surface area (Å²) in [6.07, 6.45) is -1.03. The highest BCUT2D eigenvalue weighted by Gasteiger charge is 2.44. The highest BCUT2D eigenvalue weighted by atomic mass is 19.1. The number of carbonyl (C=O) groups is 4. The summed E-state index contributed by atoms with van der Waals surface area (Å²) in [6.45, 7) is 7.71. The second-order valence-electron chi connectivity index (χ2n) is 6.97. The minimum absolute atomic E-state index is 0.0215. The normalized spacial score (nSPS) is 13.1. The lowest BCUT2D eigenvalue weighted by Crippen LogP contribution is -2.39. The molecule has 0 unspecified atom stereocenters. The first-order chi connectivity index (χ1) is 13.5. The minimum atomic E-state index is -1.12. The Hall–Kier alpha value is -3.23. The largest absolute Gasteiger partial charge is 0.462 e. The molecule has 0 radical (unpaired) electrons. The third-order valence-corrected chi connectivity index (χ3v) is 3.67. The van der Waals surface area contributed by atoms with E-state index < -0.39 is 46.5 Å². The van der Waals surface area contributed by atoms with Crippen molar-refractivity contribution in [3.8, 4) is 0 Å². The number of fused-ring (bicyclic) bond motifs is 1. The first kappa shape index (κ1) is 22.1. The Bertz CT molecular complexity index is 879. The molecule has 1 aliphatic heterocycles. The lowest BCUT2D eigenvalue weighted by atomic mass is 10.0. The van der Waals surface area contributed by atoms with Gasteiger partial charge < -0.3 is 14.2 Å². The molecule has 0 saturated heterocycles. The van der Waals surface area contributed by atoms with Gasteiger partial charge in [-0.05, 0) is 52.8 Å². The van der Waals surface area contributed by atoms with Crippen molar-refractivity contribution in [3.63, 3.8) is 0 Å². The first-order valence-corrected chi connectivity index (χ1v) is 8.97. The van der Waals surface area contributed by atoms with Crippen LogP contribution in [0.4, 0.5) is 14.9 Å². The second-order valence-corrected chi connectivity index (χ2v) is 6.97. The summed E-state index contributed by atoms with van der Waals surface area (Å²) in [7, 11) is 0. The number of nitrogens with zero attached hydrogens (tertiary/aromatic N) is 1. The summed E-state index contributed by atoms with van der Waals surface area (Å²) < 4.78 is 28.9. The fourth-order valence-electron chi connectivity index (χ4n) is 2.66. The van der Waals surface area contributed by atoms with Crippen LogP contribution in [-0.4, -0.2) is 42.8 Å². The number of amides is 2. The van der Waals surface area contributed by atoms with Crippen molar-refractivity contribution in [3.05, 3.63) is 35.2 Å². The van der Waals surface area contributed by atoms with Crippen LogP contribution in [-0.2, 0) is 28.6 Å². The van der Waals surface area contributed by atoms with Crippen LogP contribution in [0.25, 0.3) is 5.57 Å². The number of benzene rings is 1. The van der Waals surface area contributed by atoms with Gasteiger partial charge in [0.15, 0.2) is 5.57 Å². The number of hydrogen-bond acceptors (Lipinski definition) is 7. The number of imide groups is 1. The van der Waals surface area contributed by atoms with Gasteiger partial charge in [0.05, 0.1) is 24.5 Å². The maximum absolute atomic E-state index is 13.9. The van der Waals surface area contributed by atoms with Crippen molar-refractivity contribution in [2.75, 3.05) is 18.1 Å². The molecule has 2 rings (SSSR count). The van der Waals surface area contributed by atoms with Gasteiger partial charge in [0.1, 0.15) is 11.4 Å². The van der Waals surface area contributed by atoms with Gasteiger partial charge >= 0.3 is 18.0 Å².